The number of nitrogens with zero attached hydrogens (tertiary/aromatic N) is 2. The molecule has 1 aromatic rings. The molecule has 3 N–H and O–H groups in total. The molecule has 1 rings (SSSR count). The van der Waals surface area contributed by atoms with Gasteiger partial charge in [0, 0.05) is 0 Å². The molecule has 0 aromatic carbocycles. The van der Waals surface area contributed by atoms with Crippen molar-refractivity contribution in [3.05, 3.63) is 18.1 Å². The number of aromatic nitrogens is 2. The lowest BCUT2D eigenvalue weighted by Crippen LogP contribution is -2.13. The number of hydrogen-bond donors (Lipinski definition) is 2. The minimum atomic E-state index is -0.0421. The van der Waals surface area contributed by atoms with Gasteiger partial charge < -0.3 is 5.73 Å². The second-order valence-electron chi connectivity index (χ2n) is 2.50. The standard InChI is InChI=1S/C8H12N4S/c1-2-3-13-7-5-11-6(4-12-7)8(9)10/h4-5H,2-3H2,1H3,(H3,9,10). The van der Waals surface area contributed by atoms with Crippen molar-refractivity contribution in [2.24, 2.45) is 5.73 Å². The molecule has 13 heavy (non-hydrogen) atoms. The number of nitrogens with two attached hydrogens (primary N) is 1. The fourth-order valence-corrected chi connectivity index (χ4v) is 1.40. The van der Waals surface area contributed by atoms with Gasteiger partial charge in [0.15, 0.2) is 0 Å². The van der Waals surface area contributed by atoms with Crippen molar-refractivity contribution in [2.75, 3.05) is 5.75 Å². The Morgan fingerprint density at radius 1 is 1.54 bits per heavy atom. The molecule has 0 unspecified atom stereocenters. The van der Waals surface area contributed by atoms with Crippen LogP contribution in [-0.4, -0.2) is 21.6 Å². The van der Waals surface area contributed by atoms with Gasteiger partial charge in [0.05, 0.1) is 12.4 Å². The first-order valence-corrected chi connectivity index (χ1v) is 5.02. The van der Waals surface area contributed by atoms with Crippen molar-refractivity contribution in [1.29, 1.82) is 5.41 Å². The minimum absolute atomic E-state index is 0.0421. The zero-order chi connectivity index (χ0) is 9.68. The van der Waals surface area contributed by atoms with E-state index >= 15 is 0 Å². The molecule has 0 aliphatic carbocycles. The normalized spacial score (nSPS) is 9.92. The van der Waals surface area contributed by atoms with Crippen LogP contribution in [0.3, 0.4) is 0 Å². The number of thioether (sulfide) groups is 1. The molecule has 0 amide bonds. The highest BCUT2D eigenvalue weighted by Crippen LogP contribution is 2.13. The first kappa shape index (κ1) is 9.98. The van der Waals surface area contributed by atoms with Gasteiger partial charge in [-0.15, -0.1) is 11.8 Å². The topological polar surface area (TPSA) is 75.7 Å². The number of hydrogen-bond acceptors (Lipinski definition) is 4. The lowest BCUT2D eigenvalue weighted by molar-refractivity contribution is 1.03. The van der Waals surface area contributed by atoms with E-state index in [2.05, 4.69) is 16.9 Å². The van der Waals surface area contributed by atoms with Gasteiger partial charge in [0.1, 0.15) is 16.6 Å². The second kappa shape index (κ2) is 4.81. The van der Waals surface area contributed by atoms with Crippen LogP contribution < -0.4 is 5.73 Å². The van der Waals surface area contributed by atoms with Crippen LogP contribution in [0.5, 0.6) is 0 Å². The van der Waals surface area contributed by atoms with Crippen LogP contribution in [0.4, 0.5) is 0 Å². The summed E-state index contributed by atoms with van der Waals surface area (Å²) in [6.45, 7) is 2.12. The van der Waals surface area contributed by atoms with Crippen molar-refractivity contribution in [3.8, 4) is 0 Å². The summed E-state index contributed by atoms with van der Waals surface area (Å²) >= 11 is 1.66. The average molecular weight is 196 g/mol. The zero-order valence-corrected chi connectivity index (χ0v) is 8.27. The molecule has 4 nitrogen and oxygen atoms in total. The second-order valence-corrected chi connectivity index (χ2v) is 3.62. The summed E-state index contributed by atoms with van der Waals surface area (Å²) in [6, 6.07) is 0. The molecule has 0 atom stereocenters. The van der Waals surface area contributed by atoms with E-state index in [0.717, 1.165) is 17.2 Å². The summed E-state index contributed by atoms with van der Waals surface area (Å²) in [7, 11) is 0. The average Bonchev–Trinajstić information content (AvgIpc) is 2.15. The molecule has 1 aromatic heterocycles. The smallest absolute Gasteiger partial charge is 0.143 e. The third kappa shape index (κ3) is 3.02. The minimum Gasteiger partial charge on any atom is -0.382 e. The fraction of sp³-hybridized carbons (Fsp3) is 0.375. The molecule has 0 bridgehead atoms. The fourth-order valence-electron chi connectivity index (χ4n) is 0.736. The summed E-state index contributed by atoms with van der Waals surface area (Å²) in [5.41, 5.74) is 5.67. The molecular weight excluding hydrogens is 184 g/mol. The molecule has 0 aliphatic rings. The predicted octanol–water partition coefficient (Wildman–Crippen LogP) is 1.26. The number of rotatable bonds is 4. The van der Waals surface area contributed by atoms with Gasteiger partial charge in [-0.05, 0) is 12.2 Å². The predicted molar refractivity (Wildman–Crippen MR) is 54.1 cm³/mol. The Labute approximate surface area is 81.5 Å². The monoisotopic (exact) mass is 196 g/mol. The molecule has 5 heteroatoms. The van der Waals surface area contributed by atoms with Crippen LogP contribution in [0.1, 0.15) is 19.0 Å². The van der Waals surface area contributed by atoms with E-state index in [1.165, 1.54) is 6.20 Å². The van der Waals surface area contributed by atoms with E-state index in [1.54, 1.807) is 18.0 Å². The lowest BCUT2D eigenvalue weighted by Gasteiger charge is -1.99. The maximum Gasteiger partial charge on any atom is 0.143 e. The van der Waals surface area contributed by atoms with E-state index in [1.807, 2.05) is 0 Å². The van der Waals surface area contributed by atoms with Crippen LogP contribution in [0.25, 0.3) is 0 Å². The number of nitrogens with one attached hydrogen (secondary N) is 1. The third-order valence-corrected chi connectivity index (χ3v) is 2.48. The van der Waals surface area contributed by atoms with Crippen LogP contribution in [0, 0.1) is 5.41 Å². The summed E-state index contributed by atoms with van der Waals surface area (Å²) < 4.78 is 0. The first-order valence-electron chi connectivity index (χ1n) is 4.03. The highest BCUT2D eigenvalue weighted by Gasteiger charge is 1.99. The lowest BCUT2D eigenvalue weighted by atomic mass is 10.4. The van der Waals surface area contributed by atoms with E-state index in [4.69, 9.17) is 11.1 Å². The van der Waals surface area contributed by atoms with Gasteiger partial charge >= 0.3 is 0 Å². The molecule has 0 saturated heterocycles. The molecule has 0 spiro atoms. The van der Waals surface area contributed by atoms with E-state index in [-0.39, 0.29) is 5.84 Å². The molecule has 1 heterocycles. The Hall–Kier alpha value is -1.10. The van der Waals surface area contributed by atoms with Crippen molar-refractivity contribution in [1.82, 2.24) is 9.97 Å². The molecule has 0 aliphatic heterocycles. The van der Waals surface area contributed by atoms with Crippen LogP contribution in [-0.2, 0) is 0 Å². The Bertz CT molecular complexity index is 283. The van der Waals surface area contributed by atoms with Gasteiger partial charge in [-0.3, -0.25) is 5.41 Å². The molecule has 0 radical (unpaired) electrons. The molecule has 0 saturated carbocycles. The van der Waals surface area contributed by atoms with Gasteiger partial charge in [0.2, 0.25) is 0 Å². The van der Waals surface area contributed by atoms with E-state index in [9.17, 15) is 0 Å². The van der Waals surface area contributed by atoms with Gasteiger partial charge in [-0.25, -0.2) is 9.97 Å². The summed E-state index contributed by atoms with van der Waals surface area (Å²) in [5, 5.41) is 7.99. The van der Waals surface area contributed by atoms with Gasteiger partial charge in [-0.2, -0.15) is 0 Å². The van der Waals surface area contributed by atoms with Crippen LogP contribution in [0.2, 0.25) is 0 Å². The van der Waals surface area contributed by atoms with Crippen LogP contribution >= 0.6 is 11.8 Å². The highest BCUT2D eigenvalue weighted by molar-refractivity contribution is 7.99. The SMILES string of the molecule is CCCSc1cnc(C(=N)N)cn1. The Morgan fingerprint density at radius 2 is 2.31 bits per heavy atom. The Balaban J connectivity index is 2.64. The van der Waals surface area contributed by atoms with Crippen LogP contribution in [0.15, 0.2) is 17.4 Å². The molecular formula is C8H12N4S. The van der Waals surface area contributed by atoms with Crippen molar-refractivity contribution in [2.45, 2.75) is 18.4 Å². The third-order valence-electron chi connectivity index (χ3n) is 1.36. The van der Waals surface area contributed by atoms with Crippen molar-refractivity contribution < 1.29 is 0 Å². The molecule has 0 fully saturated rings. The van der Waals surface area contributed by atoms with E-state index < -0.39 is 0 Å². The summed E-state index contributed by atoms with van der Waals surface area (Å²) in [6.07, 6.45) is 4.29. The maximum atomic E-state index is 7.11. The number of nitrogen functional groups attached to an aromatic ring is 1. The van der Waals surface area contributed by atoms with Crippen molar-refractivity contribution >= 4 is 17.6 Å². The Kier molecular flexibility index (Phi) is 3.70. The van der Waals surface area contributed by atoms with E-state index in [0.29, 0.717) is 5.69 Å². The van der Waals surface area contributed by atoms with Gasteiger partial charge in [-0.1, -0.05) is 6.92 Å². The number of amidine groups is 1. The highest BCUT2D eigenvalue weighted by atomic mass is 32.2. The van der Waals surface area contributed by atoms with Gasteiger partial charge in [0.25, 0.3) is 0 Å². The maximum absolute atomic E-state index is 7.11. The quantitative estimate of drug-likeness (QED) is 0.432. The summed E-state index contributed by atoms with van der Waals surface area (Å²) in [4.78, 5) is 8.12. The summed E-state index contributed by atoms with van der Waals surface area (Å²) in [5.74, 6) is 0.994. The van der Waals surface area contributed by atoms with Crippen molar-refractivity contribution in [3.63, 3.8) is 0 Å². The molecule has 70 valence electrons. The first-order chi connectivity index (χ1) is 6.24. The Morgan fingerprint density at radius 3 is 2.77 bits per heavy atom. The zero-order valence-electron chi connectivity index (χ0n) is 7.45. The largest absolute Gasteiger partial charge is 0.382 e.